The van der Waals surface area contributed by atoms with Crippen molar-refractivity contribution in [3.8, 4) is 51.7 Å². The second kappa shape index (κ2) is 12.6. The summed E-state index contributed by atoms with van der Waals surface area (Å²) in [5, 5.41) is 0. The predicted molar refractivity (Wildman–Crippen MR) is 184 cm³/mol. The third-order valence-electron chi connectivity index (χ3n) is 10.3. The molecule has 10 nitrogen and oxygen atoms in total. The Morgan fingerprint density at radius 3 is 2.06 bits per heavy atom. The Morgan fingerprint density at radius 1 is 0.660 bits per heavy atom. The maximum absolute atomic E-state index is 13.5. The zero-order chi connectivity index (χ0) is 34.7. The zero-order valence-electron chi connectivity index (χ0n) is 28.9. The summed E-state index contributed by atoms with van der Waals surface area (Å²) in [7, 11) is 6.47. The molecule has 5 aliphatic heterocycles. The zero-order valence-corrected chi connectivity index (χ0v) is 28.9. The van der Waals surface area contributed by atoms with Crippen molar-refractivity contribution < 1.29 is 47.4 Å². The van der Waals surface area contributed by atoms with Gasteiger partial charge in [0.2, 0.25) is 0 Å². The fourth-order valence-electron chi connectivity index (χ4n) is 7.53. The van der Waals surface area contributed by atoms with E-state index in [0.717, 1.165) is 51.9 Å². The standard InChI is InChI=1S/C23H24O6.C17H16O4/c1-11(2)16-8-14-15(28-16)6-5-12-22(24)21-13-7-18(25-3)19(26-4)9-17(13)27-10-20(21)29-23(12)14;1-18-10-4-6-13-15(7-10)20-9-14-12-5-3-11(19-2)8-16(12)21-17(13)14/h5-7,9,11,16,20-21H,8,10H2,1-4H3;3-8,14,17H,9H2,1-2H3. The highest BCUT2D eigenvalue weighted by Gasteiger charge is 2.46. The Labute approximate surface area is 291 Å². The number of hydrogen-bond donors (Lipinski definition) is 0. The molecule has 0 radical (unpaired) electrons. The van der Waals surface area contributed by atoms with E-state index >= 15 is 0 Å². The number of ether oxygens (including phenoxy) is 9. The van der Waals surface area contributed by atoms with Crippen molar-refractivity contribution >= 4 is 5.78 Å². The second-order valence-corrected chi connectivity index (χ2v) is 13.3. The Bertz CT molecular complexity index is 1970. The van der Waals surface area contributed by atoms with Crippen LogP contribution in [0.25, 0.3) is 0 Å². The number of benzene rings is 4. The summed E-state index contributed by atoms with van der Waals surface area (Å²) >= 11 is 0. The SMILES string of the molecule is COc1cc2c(cc1OC)C1C(=O)c3ccc4c(c3OC1CO2)CC(C(C)C)O4.COc1ccc2c(c1)OC1c3ccc(OC)cc3OCC21. The normalized spacial score (nSPS) is 22.8. The van der Waals surface area contributed by atoms with Crippen LogP contribution in [0.1, 0.15) is 64.4 Å². The van der Waals surface area contributed by atoms with Crippen LogP contribution in [0.15, 0.2) is 60.7 Å². The van der Waals surface area contributed by atoms with E-state index in [4.69, 9.17) is 42.6 Å². The highest BCUT2D eigenvalue weighted by Crippen LogP contribution is 2.53. The summed E-state index contributed by atoms with van der Waals surface area (Å²) in [5.41, 5.74) is 4.63. The topological polar surface area (TPSA) is 100 Å². The van der Waals surface area contributed by atoms with Crippen LogP contribution in [-0.2, 0) is 6.42 Å². The van der Waals surface area contributed by atoms with Gasteiger partial charge < -0.3 is 42.6 Å². The molecule has 0 bridgehead atoms. The van der Waals surface area contributed by atoms with Gasteiger partial charge in [-0.15, -0.1) is 0 Å². The molecule has 0 N–H and O–H groups in total. The molecule has 260 valence electrons. The van der Waals surface area contributed by atoms with E-state index in [2.05, 4.69) is 19.9 Å². The van der Waals surface area contributed by atoms with Crippen molar-refractivity contribution in [1.29, 1.82) is 0 Å². The van der Waals surface area contributed by atoms with Crippen LogP contribution < -0.4 is 42.6 Å². The predicted octanol–water partition coefficient (Wildman–Crippen LogP) is 7.10. The van der Waals surface area contributed by atoms with Crippen LogP contribution in [0.5, 0.6) is 51.7 Å². The molecule has 0 spiro atoms. The third-order valence-corrected chi connectivity index (χ3v) is 10.3. The fraction of sp³-hybridized carbons (Fsp3) is 0.375. The van der Waals surface area contributed by atoms with Gasteiger partial charge in [0.1, 0.15) is 65.2 Å². The fourth-order valence-corrected chi connectivity index (χ4v) is 7.53. The van der Waals surface area contributed by atoms with Crippen LogP contribution in [-0.4, -0.2) is 59.6 Å². The maximum atomic E-state index is 13.5. The van der Waals surface area contributed by atoms with E-state index in [9.17, 15) is 4.79 Å². The van der Waals surface area contributed by atoms with Crippen molar-refractivity contribution in [2.75, 3.05) is 41.7 Å². The Balaban J connectivity index is 0.000000152. The molecule has 50 heavy (non-hydrogen) atoms. The molecule has 4 aromatic rings. The molecule has 10 heteroatoms. The number of ketones is 1. The first-order chi connectivity index (χ1) is 24.3. The molecule has 5 unspecified atom stereocenters. The van der Waals surface area contributed by atoms with Gasteiger partial charge >= 0.3 is 0 Å². The first kappa shape index (κ1) is 32.0. The second-order valence-electron chi connectivity index (χ2n) is 13.3. The largest absolute Gasteiger partial charge is 0.497 e. The van der Waals surface area contributed by atoms with Crippen LogP contribution in [0.4, 0.5) is 0 Å². The lowest BCUT2D eigenvalue weighted by atomic mass is 9.81. The molecule has 5 heterocycles. The molecule has 0 saturated carbocycles. The number of carbonyl (C=O) groups is 1. The van der Waals surface area contributed by atoms with Crippen LogP contribution in [0.3, 0.4) is 0 Å². The summed E-state index contributed by atoms with van der Waals surface area (Å²) in [6.45, 7) is 5.19. The smallest absolute Gasteiger partial charge is 0.178 e. The van der Waals surface area contributed by atoms with E-state index in [0.29, 0.717) is 47.7 Å². The first-order valence-electron chi connectivity index (χ1n) is 16.9. The molecule has 5 atom stereocenters. The molecular formula is C40H40O10. The molecule has 0 amide bonds. The summed E-state index contributed by atoms with van der Waals surface area (Å²) in [6, 6.07) is 19.2. The average molecular weight is 681 g/mol. The van der Waals surface area contributed by atoms with Crippen molar-refractivity contribution in [1.82, 2.24) is 0 Å². The molecule has 0 aromatic heterocycles. The quantitative estimate of drug-likeness (QED) is 0.217. The van der Waals surface area contributed by atoms with Gasteiger partial charge in [0.15, 0.2) is 17.3 Å². The summed E-state index contributed by atoms with van der Waals surface area (Å²) in [4.78, 5) is 13.5. The monoisotopic (exact) mass is 680 g/mol. The van der Waals surface area contributed by atoms with Gasteiger partial charge in [-0.25, -0.2) is 0 Å². The Kier molecular flexibility index (Phi) is 8.04. The van der Waals surface area contributed by atoms with Gasteiger partial charge in [-0.2, -0.15) is 0 Å². The highest BCUT2D eigenvalue weighted by atomic mass is 16.5. The number of hydrogen-bond acceptors (Lipinski definition) is 10. The number of fused-ring (bicyclic) bond motifs is 11. The number of methoxy groups -OCH3 is 4. The lowest BCUT2D eigenvalue weighted by molar-refractivity contribution is 0.0554. The molecule has 0 aliphatic carbocycles. The van der Waals surface area contributed by atoms with Crippen molar-refractivity contribution in [3.05, 3.63) is 88.5 Å². The van der Waals surface area contributed by atoms with E-state index in [1.807, 2.05) is 48.5 Å². The van der Waals surface area contributed by atoms with Crippen LogP contribution in [0, 0.1) is 5.92 Å². The number of Topliss-reactive ketones (excluding diaryl/α,β-unsaturated/α-hetero) is 1. The van der Waals surface area contributed by atoms with E-state index in [1.54, 1.807) is 34.5 Å². The molecule has 0 fully saturated rings. The van der Waals surface area contributed by atoms with Crippen LogP contribution in [0.2, 0.25) is 0 Å². The van der Waals surface area contributed by atoms with Crippen LogP contribution >= 0.6 is 0 Å². The van der Waals surface area contributed by atoms with E-state index in [1.165, 1.54) is 5.56 Å². The molecule has 9 rings (SSSR count). The number of carbonyl (C=O) groups excluding carboxylic acids is 1. The highest BCUT2D eigenvalue weighted by molar-refractivity contribution is 6.06. The Hall–Kier alpha value is -5.25. The van der Waals surface area contributed by atoms with Gasteiger partial charge in [0, 0.05) is 46.9 Å². The molecule has 5 aliphatic rings. The summed E-state index contributed by atoms with van der Waals surface area (Å²) < 4.78 is 51.7. The summed E-state index contributed by atoms with van der Waals surface area (Å²) in [5.74, 6) is 6.80. The Morgan fingerprint density at radius 2 is 1.34 bits per heavy atom. The minimum absolute atomic E-state index is 0.00163. The minimum atomic E-state index is -0.438. The summed E-state index contributed by atoms with van der Waals surface area (Å²) in [6.07, 6.45) is 0.475. The van der Waals surface area contributed by atoms with E-state index < -0.39 is 5.92 Å². The lowest BCUT2D eigenvalue weighted by Crippen LogP contribution is -2.43. The molecule has 4 aromatic carbocycles. The number of rotatable bonds is 5. The van der Waals surface area contributed by atoms with Crippen molar-refractivity contribution in [3.63, 3.8) is 0 Å². The van der Waals surface area contributed by atoms with Crippen molar-refractivity contribution in [2.24, 2.45) is 5.92 Å². The third kappa shape index (κ3) is 5.20. The average Bonchev–Trinajstić information content (AvgIpc) is 3.76. The van der Waals surface area contributed by atoms with Gasteiger partial charge in [-0.05, 0) is 42.3 Å². The minimum Gasteiger partial charge on any atom is -0.497 e. The maximum Gasteiger partial charge on any atom is 0.178 e. The lowest BCUT2D eigenvalue weighted by Gasteiger charge is -2.37. The van der Waals surface area contributed by atoms with Crippen molar-refractivity contribution in [2.45, 2.75) is 50.4 Å². The van der Waals surface area contributed by atoms with E-state index in [-0.39, 0.29) is 30.0 Å². The van der Waals surface area contributed by atoms with Gasteiger partial charge in [0.05, 0.1) is 52.4 Å². The molecular weight excluding hydrogens is 640 g/mol. The first-order valence-corrected chi connectivity index (χ1v) is 16.9. The molecule has 0 saturated heterocycles. The van der Waals surface area contributed by atoms with Gasteiger partial charge in [-0.1, -0.05) is 19.9 Å². The van der Waals surface area contributed by atoms with Gasteiger partial charge in [-0.3, -0.25) is 4.79 Å². The van der Waals surface area contributed by atoms with Gasteiger partial charge in [0.25, 0.3) is 0 Å².